The molecule has 0 aliphatic heterocycles. The standard InChI is InChI=1S/C22H28O5S/c1-5-28-21-8-6-17(7-9-21)10-11-26-19-12-18(22(23)25-4)13-20(14-19)27-16(2)15-24-3/h6-9,12-14,16H,5,10-11,15H2,1-4H3/t16-/m0/s1. The lowest BCUT2D eigenvalue weighted by molar-refractivity contribution is 0.0598. The van der Waals surface area contributed by atoms with Crippen LogP contribution in [-0.2, 0) is 15.9 Å². The molecule has 5 nitrogen and oxygen atoms in total. The van der Waals surface area contributed by atoms with Crippen LogP contribution in [0.15, 0.2) is 47.4 Å². The Labute approximate surface area is 171 Å². The Hall–Kier alpha value is -2.18. The van der Waals surface area contributed by atoms with Gasteiger partial charge in [0.2, 0.25) is 0 Å². The lowest BCUT2D eigenvalue weighted by Crippen LogP contribution is -2.18. The van der Waals surface area contributed by atoms with Crippen LogP contribution in [0.4, 0.5) is 0 Å². The second kappa shape index (κ2) is 11.6. The zero-order chi connectivity index (χ0) is 20.4. The van der Waals surface area contributed by atoms with E-state index in [-0.39, 0.29) is 6.10 Å². The van der Waals surface area contributed by atoms with Crippen molar-refractivity contribution in [1.29, 1.82) is 0 Å². The van der Waals surface area contributed by atoms with Gasteiger partial charge in [0.15, 0.2) is 0 Å². The third-order valence-corrected chi connectivity index (χ3v) is 4.83. The Kier molecular flexibility index (Phi) is 9.17. The monoisotopic (exact) mass is 404 g/mol. The van der Waals surface area contributed by atoms with Gasteiger partial charge >= 0.3 is 5.97 Å². The van der Waals surface area contributed by atoms with Crippen LogP contribution in [0.3, 0.4) is 0 Å². The summed E-state index contributed by atoms with van der Waals surface area (Å²) in [5, 5.41) is 0. The Bertz CT molecular complexity index is 745. The van der Waals surface area contributed by atoms with Crippen LogP contribution in [0.5, 0.6) is 11.5 Å². The largest absolute Gasteiger partial charge is 0.493 e. The van der Waals surface area contributed by atoms with Crippen molar-refractivity contribution in [2.45, 2.75) is 31.3 Å². The van der Waals surface area contributed by atoms with Gasteiger partial charge in [0, 0.05) is 24.5 Å². The normalized spacial score (nSPS) is 11.7. The van der Waals surface area contributed by atoms with Gasteiger partial charge < -0.3 is 18.9 Å². The molecule has 152 valence electrons. The van der Waals surface area contributed by atoms with Gasteiger partial charge in [0.25, 0.3) is 0 Å². The summed E-state index contributed by atoms with van der Waals surface area (Å²) in [7, 11) is 2.97. The molecule has 0 unspecified atom stereocenters. The molecule has 2 rings (SSSR count). The molecule has 0 aromatic heterocycles. The summed E-state index contributed by atoms with van der Waals surface area (Å²) in [4.78, 5) is 13.2. The summed E-state index contributed by atoms with van der Waals surface area (Å²) >= 11 is 1.82. The Morgan fingerprint density at radius 2 is 1.79 bits per heavy atom. The smallest absolute Gasteiger partial charge is 0.338 e. The van der Waals surface area contributed by atoms with Crippen LogP contribution in [0, 0.1) is 0 Å². The van der Waals surface area contributed by atoms with Crippen LogP contribution in [0.25, 0.3) is 0 Å². The first kappa shape index (κ1) is 22.1. The number of benzene rings is 2. The number of thioether (sulfide) groups is 1. The van der Waals surface area contributed by atoms with E-state index in [0.717, 1.165) is 12.2 Å². The zero-order valence-electron chi connectivity index (χ0n) is 16.9. The van der Waals surface area contributed by atoms with E-state index in [1.165, 1.54) is 17.6 Å². The Balaban J connectivity index is 2.02. The Morgan fingerprint density at radius 1 is 1.07 bits per heavy atom. The van der Waals surface area contributed by atoms with Crippen LogP contribution in [-0.4, -0.2) is 45.3 Å². The highest BCUT2D eigenvalue weighted by molar-refractivity contribution is 7.99. The summed E-state index contributed by atoms with van der Waals surface area (Å²) in [5.41, 5.74) is 1.59. The summed E-state index contributed by atoms with van der Waals surface area (Å²) in [6.45, 7) is 4.99. The molecule has 6 heteroatoms. The van der Waals surface area contributed by atoms with E-state index in [1.54, 1.807) is 25.3 Å². The molecule has 28 heavy (non-hydrogen) atoms. The minimum Gasteiger partial charge on any atom is -0.493 e. The second-order valence-electron chi connectivity index (χ2n) is 6.24. The van der Waals surface area contributed by atoms with Crippen molar-refractivity contribution in [1.82, 2.24) is 0 Å². The fourth-order valence-corrected chi connectivity index (χ4v) is 3.33. The van der Waals surface area contributed by atoms with Gasteiger partial charge in [-0.15, -0.1) is 11.8 Å². The van der Waals surface area contributed by atoms with E-state index in [9.17, 15) is 4.79 Å². The van der Waals surface area contributed by atoms with Crippen LogP contribution in [0.1, 0.15) is 29.8 Å². The molecular weight excluding hydrogens is 376 g/mol. The highest BCUT2D eigenvalue weighted by Gasteiger charge is 2.12. The molecule has 0 fully saturated rings. The van der Waals surface area contributed by atoms with E-state index < -0.39 is 5.97 Å². The third-order valence-electron chi connectivity index (χ3n) is 3.93. The average molecular weight is 405 g/mol. The molecule has 0 amide bonds. The number of esters is 1. The topological polar surface area (TPSA) is 54.0 Å². The highest BCUT2D eigenvalue weighted by atomic mass is 32.2. The molecular formula is C22H28O5S. The molecule has 0 aliphatic carbocycles. The molecule has 2 aromatic rings. The van der Waals surface area contributed by atoms with Crippen molar-refractivity contribution in [3.05, 3.63) is 53.6 Å². The van der Waals surface area contributed by atoms with E-state index in [4.69, 9.17) is 18.9 Å². The average Bonchev–Trinajstić information content (AvgIpc) is 2.69. The molecule has 1 atom stereocenters. The highest BCUT2D eigenvalue weighted by Crippen LogP contribution is 2.25. The lowest BCUT2D eigenvalue weighted by Gasteiger charge is -2.16. The first-order chi connectivity index (χ1) is 13.5. The maximum atomic E-state index is 11.9. The van der Waals surface area contributed by atoms with Crippen molar-refractivity contribution >= 4 is 17.7 Å². The van der Waals surface area contributed by atoms with Crippen molar-refractivity contribution in [2.75, 3.05) is 33.2 Å². The molecule has 2 aromatic carbocycles. The minimum atomic E-state index is -0.432. The van der Waals surface area contributed by atoms with Crippen LogP contribution in [0.2, 0.25) is 0 Å². The summed E-state index contributed by atoms with van der Waals surface area (Å²) in [5.74, 6) is 1.75. The maximum absolute atomic E-state index is 11.9. The molecule has 0 bridgehead atoms. The van der Waals surface area contributed by atoms with Crippen molar-refractivity contribution in [3.8, 4) is 11.5 Å². The second-order valence-corrected chi connectivity index (χ2v) is 7.58. The van der Waals surface area contributed by atoms with Gasteiger partial charge in [-0.2, -0.15) is 0 Å². The number of methoxy groups -OCH3 is 2. The zero-order valence-corrected chi connectivity index (χ0v) is 17.7. The fraction of sp³-hybridized carbons (Fsp3) is 0.409. The quantitative estimate of drug-likeness (QED) is 0.402. The van der Waals surface area contributed by atoms with Crippen LogP contribution < -0.4 is 9.47 Å². The summed E-state index contributed by atoms with van der Waals surface area (Å²) < 4.78 is 21.6. The van der Waals surface area contributed by atoms with Gasteiger partial charge in [-0.3, -0.25) is 0 Å². The van der Waals surface area contributed by atoms with E-state index in [2.05, 4.69) is 31.2 Å². The van der Waals surface area contributed by atoms with Crippen molar-refractivity contribution in [2.24, 2.45) is 0 Å². The molecule has 0 saturated heterocycles. The Morgan fingerprint density at radius 3 is 2.43 bits per heavy atom. The van der Waals surface area contributed by atoms with Gasteiger partial charge in [0.05, 0.1) is 25.9 Å². The van der Waals surface area contributed by atoms with Crippen molar-refractivity contribution in [3.63, 3.8) is 0 Å². The van der Waals surface area contributed by atoms with Gasteiger partial charge in [0.1, 0.15) is 17.6 Å². The first-order valence-corrected chi connectivity index (χ1v) is 10.3. The predicted molar refractivity (Wildman–Crippen MR) is 112 cm³/mol. The summed E-state index contributed by atoms with van der Waals surface area (Å²) in [6.07, 6.45) is 0.626. The number of hydrogen-bond acceptors (Lipinski definition) is 6. The number of carbonyl (C=O) groups excluding carboxylic acids is 1. The SMILES string of the molecule is CCSc1ccc(CCOc2cc(O[C@@H](C)COC)cc(C(=O)OC)c2)cc1. The number of rotatable bonds is 11. The number of carbonyl (C=O) groups is 1. The predicted octanol–water partition coefficient (Wildman–Crippen LogP) is 4.62. The molecule has 0 spiro atoms. The van der Waals surface area contributed by atoms with Crippen LogP contribution >= 0.6 is 11.8 Å². The summed E-state index contributed by atoms with van der Waals surface area (Å²) in [6, 6.07) is 13.6. The molecule has 0 heterocycles. The third kappa shape index (κ3) is 7.09. The number of ether oxygens (including phenoxy) is 4. The molecule has 0 N–H and O–H groups in total. The van der Waals surface area contributed by atoms with Gasteiger partial charge in [-0.05, 0) is 42.5 Å². The minimum absolute atomic E-state index is 0.148. The maximum Gasteiger partial charge on any atom is 0.338 e. The van der Waals surface area contributed by atoms with Gasteiger partial charge in [-0.25, -0.2) is 4.79 Å². The molecule has 0 saturated carbocycles. The molecule has 0 radical (unpaired) electrons. The van der Waals surface area contributed by atoms with Crippen molar-refractivity contribution < 1.29 is 23.7 Å². The van der Waals surface area contributed by atoms with E-state index in [0.29, 0.717) is 30.3 Å². The fourth-order valence-electron chi connectivity index (χ4n) is 2.67. The number of hydrogen-bond donors (Lipinski definition) is 0. The van der Waals surface area contributed by atoms with E-state index >= 15 is 0 Å². The van der Waals surface area contributed by atoms with E-state index in [1.807, 2.05) is 18.7 Å². The lowest BCUT2D eigenvalue weighted by atomic mass is 10.1. The van der Waals surface area contributed by atoms with Gasteiger partial charge in [-0.1, -0.05) is 19.1 Å². The first-order valence-electron chi connectivity index (χ1n) is 9.29. The molecule has 0 aliphatic rings.